The monoisotopic (exact) mass is 359 g/mol. The highest BCUT2D eigenvalue weighted by Crippen LogP contribution is 2.32. The predicted octanol–water partition coefficient (Wildman–Crippen LogP) is 3.97. The Morgan fingerprint density at radius 2 is 1.62 bits per heavy atom. The lowest BCUT2D eigenvalue weighted by Crippen LogP contribution is -2.13. The van der Waals surface area contributed by atoms with Crippen molar-refractivity contribution in [2.75, 3.05) is 0 Å². The highest BCUT2D eigenvalue weighted by Gasteiger charge is 2.24. The number of hydrogen-bond acceptors (Lipinski definition) is 4. The van der Waals surface area contributed by atoms with Crippen molar-refractivity contribution in [1.29, 1.82) is 0 Å². The van der Waals surface area contributed by atoms with Crippen molar-refractivity contribution in [3.05, 3.63) is 79.0 Å². The van der Waals surface area contributed by atoms with Crippen molar-refractivity contribution in [2.45, 2.75) is 4.90 Å². The molecule has 5 rings (SSSR count). The third kappa shape index (κ3) is 2.06. The second-order valence-electron chi connectivity index (χ2n) is 6.01. The molecule has 6 heteroatoms. The highest BCUT2D eigenvalue weighted by molar-refractivity contribution is 7.90. The lowest BCUT2D eigenvalue weighted by atomic mass is 10.2. The van der Waals surface area contributed by atoms with Crippen LogP contribution in [0.15, 0.2) is 83.9 Å². The van der Waals surface area contributed by atoms with E-state index in [1.807, 2.05) is 36.4 Å². The number of fused-ring (bicyclic) bond motifs is 4. The molecule has 0 N–H and O–H groups in total. The Morgan fingerprint density at radius 3 is 2.46 bits per heavy atom. The quantitative estimate of drug-likeness (QED) is 0.478. The molecule has 0 fully saturated rings. The second-order valence-corrected chi connectivity index (χ2v) is 7.79. The molecule has 3 aromatic heterocycles. The number of nitrogens with zero attached hydrogens (tertiary/aromatic N) is 3. The molecule has 0 saturated carbocycles. The van der Waals surface area contributed by atoms with E-state index in [1.54, 1.807) is 42.6 Å². The van der Waals surface area contributed by atoms with Gasteiger partial charge in [0, 0.05) is 17.0 Å². The summed E-state index contributed by atoms with van der Waals surface area (Å²) < 4.78 is 28.0. The molecule has 0 aliphatic heterocycles. The summed E-state index contributed by atoms with van der Waals surface area (Å²) in [6.07, 6.45) is 1.60. The molecular formula is C20H13N3O2S. The molecule has 0 radical (unpaired) electrons. The van der Waals surface area contributed by atoms with E-state index in [4.69, 9.17) is 4.98 Å². The summed E-state index contributed by atoms with van der Waals surface area (Å²) in [5, 5.41) is 1.60. The number of pyridine rings is 2. The van der Waals surface area contributed by atoms with Crippen molar-refractivity contribution in [2.24, 2.45) is 0 Å². The second kappa shape index (κ2) is 5.37. The van der Waals surface area contributed by atoms with Gasteiger partial charge in [-0.1, -0.05) is 36.4 Å². The molecule has 0 saturated heterocycles. The summed E-state index contributed by atoms with van der Waals surface area (Å²) in [7, 11) is -3.80. The predicted molar refractivity (Wildman–Crippen MR) is 102 cm³/mol. The third-order valence-electron chi connectivity index (χ3n) is 4.44. The van der Waals surface area contributed by atoms with E-state index in [0.717, 1.165) is 10.9 Å². The fraction of sp³-hybridized carbons (Fsp3) is 0. The fourth-order valence-electron chi connectivity index (χ4n) is 3.26. The standard InChI is InChI=1S/C20H13N3O2S/c24-26(25,15-8-2-1-3-9-15)23-18-13-14-7-4-5-11-17(14)22-19(18)16-10-6-12-21-20(16)23/h1-13H. The Kier molecular flexibility index (Phi) is 3.11. The summed E-state index contributed by atoms with van der Waals surface area (Å²) in [6, 6.07) is 21.6. The molecule has 5 nitrogen and oxygen atoms in total. The van der Waals surface area contributed by atoms with Crippen LogP contribution < -0.4 is 0 Å². The van der Waals surface area contributed by atoms with E-state index in [1.165, 1.54) is 3.97 Å². The fourth-order valence-corrected chi connectivity index (χ4v) is 4.74. The Bertz CT molecular complexity index is 1390. The minimum absolute atomic E-state index is 0.220. The number of benzene rings is 2. The van der Waals surface area contributed by atoms with Crippen LogP contribution in [0, 0.1) is 0 Å². The maximum atomic E-state index is 13.4. The molecule has 0 atom stereocenters. The highest BCUT2D eigenvalue weighted by atomic mass is 32.2. The number of hydrogen-bond donors (Lipinski definition) is 0. The van der Waals surface area contributed by atoms with Gasteiger partial charge in [0.25, 0.3) is 10.0 Å². The molecule has 0 bridgehead atoms. The molecule has 5 aromatic rings. The van der Waals surface area contributed by atoms with Gasteiger partial charge >= 0.3 is 0 Å². The lowest BCUT2D eigenvalue weighted by molar-refractivity contribution is 0.590. The molecule has 2 aromatic carbocycles. The van der Waals surface area contributed by atoms with E-state index in [-0.39, 0.29) is 4.90 Å². The first-order chi connectivity index (χ1) is 12.7. The van der Waals surface area contributed by atoms with Gasteiger partial charge in [-0.05, 0) is 36.4 Å². The minimum Gasteiger partial charge on any atom is -0.245 e. The van der Waals surface area contributed by atoms with Crippen LogP contribution in [0.4, 0.5) is 0 Å². The Balaban J connectivity index is 1.99. The van der Waals surface area contributed by atoms with Gasteiger partial charge in [0.05, 0.1) is 21.4 Å². The van der Waals surface area contributed by atoms with Crippen molar-refractivity contribution in [3.8, 4) is 0 Å². The maximum Gasteiger partial charge on any atom is 0.269 e. The molecule has 0 amide bonds. The van der Waals surface area contributed by atoms with Gasteiger partial charge in [-0.3, -0.25) is 0 Å². The average Bonchev–Trinajstić information content (AvgIpc) is 3.01. The van der Waals surface area contributed by atoms with Crippen LogP contribution in [-0.4, -0.2) is 22.4 Å². The number of rotatable bonds is 2. The van der Waals surface area contributed by atoms with Gasteiger partial charge in [0.2, 0.25) is 0 Å². The van der Waals surface area contributed by atoms with Crippen LogP contribution in [0.3, 0.4) is 0 Å². The topological polar surface area (TPSA) is 64.8 Å². The zero-order valence-electron chi connectivity index (χ0n) is 13.6. The Labute approximate surface area is 149 Å². The molecule has 0 unspecified atom stereocenters. The molecule has 0 aliphatic carbocycles. The first kappa shape index (κ1) is 15.0. The first-order valence-electron chi connectivity index (χ1n) is 8.12. The average molecular weight is 359 g/mol. The molecule has 126 valence electrons. The van der Waals surface area contributed by atoms with Crippen LogP contribution in [0.1, 0.15) is 0 Å². The van der Waals surface area contributed by atoms with Crippen LogP contribution >= 0.6 is 0 Å². The zero-order valence-corrected chi connectivity index (χ0v) is 14.4. The van der Waals surface area contributed by atoms with Gasteiger partial charge < -0.3 is 0 Å². The Morgan fingerprint density at radius 1 is 0.846 bits per heavy atom. The van der Waals surface area contributed by atoms with Crippen molar-refractivity contribution in [1.82, 2.24) is 13.9 Å². The smallest absolute Gasteiger partial charge is 0.245 e. The summed E-state index contributed by atoms with van der Waals surface area (Å²) >= 11 is 0. The van der Waals surface area contributed by atoms with Crippen LogP contribution in [-0.2, 0) is 10.0 Å². The van der Waals surface area contributed by atoms with E-state index < -0.39 is 10.0 Å². The molecule has 3 heterocycles. The molecule has 26 heavy (non-hydrogen) atoms. The van der Waals surface area contributed by atoms with Gasteiger partial charge in [-0.25, -0.2) is 22.4 Å². The summed E-state index contributed by atoms with van der Waals surface area (Å²) in [6.45, 7) is 0. The van der Waals surface area contributed by atoms with Gasteiger partial charge in [-0.15, -0.1) is 0 Å². The molecule has 0 spiro atoms. The van der Waals surface area contributed by atoms with Crippen molar-refractivity contribution in [3.63, 3.8) is 0 Å². The van der Waals surface area contributed by atoms with E-state index >= 15 is 0 Å². The van der Waals surface area contributed by atoms with Gasteiger partial charge in [-0.2, -0.15) is 0 Å². The molecular weight excluding hydrogens is 346 g/mol. The minimum atomic E-state index is -3.80. The van der Waals surface area contributed by atoms with Gasteiger partial charge in [0.1, 0.15) is 0 Å². The van der Waals surface area contributed by atoms with E-state index in [9.17, 15) is 8.42 Å². The van der Waals surface area contributed by atoms with E-state index in [0.29, 0.717) is 22.1 Å². The SMILES string of the molecule is O=S(=O)(c1ccccc1)n1c2cc3ccccc3nc2c2cccnc21. The van der Waals surface area contributed by atoms with Crippen molar-refractivity contribution < 1.29 is 8.42 Å². The zero-order chi connectivity index (χ0) is 17.7. The number of para-hydroxylation sites is 1. The third-order valence-corrected chi connectivity index (χ3v) is 6.16. The van der Waals surface area contributed by atoms with Crippen molar-refractivity contribution >= 4 is 43.0 Å². The normalized spacial score (nSPS) is 12.2. The summed E-state index contributed by atoms with van der Waals surface area (Å²) in [5.41, 5.74) is 2.36. The Hall–Kier alpha value is -3.25. The number of aromatic nitrogens is 3. The lowest BCUT2D eigenvalue weighted by Gasteiger charge is -2.08. The van der Waals surface area contributed by atoms with Crippen LogP contribution in [0.2, 0.25) is 0 Å². The van der Waals surface area contributed by atoms with Crippen LogP contribution in [0.5, 0.6) is 0 Å². The largest absolute Gasteiger partial charge is 0.269 e. The summed E-state index contributed by atoms with van der Waals surface area (Å²) in [4.78, 5) is 9.27. The maximum absolute atomic E-state index is 13.4. The first-order valence-corrected chi connectivity index (χ1v) is 9.56. The molecule has 0 aliphatic rings. The van der Waals surface area contributed by atoms with E-state index in [2.05, 4.69) is 4.98 Å². The van der Waals surface area contributed by atoms with Crippen LogP contribution in [0.25, 0.3) is 33.0 Å². The van der Waals surface area contributed by atoms with Gasteiger partial charge in [0.15, 0.2) is 5.65 Å². The summed E-state index contributed by atoms with van der Waals surface area (Å²) in [5.74, 6) is 0.